The maximum absolute atomic E-state index is 12.2. The van der Waals surface area contributed by atoms with E-state index >= 15 is 0 Å². The summed E-state index contributed by atoms with van der Waals surface area (Å²) in [6.45, 7) is 0.0747. The number of imide groups is 1. The average Bonchev–Trinajstić information content (AvgIpc) is 2.46. The van der Waals surface area contributed by atoms with Gasteiger partial charge in [0.1, 0.15) is 5.75 Å². The van der Waals surface area contributed by atoms with Crippen molar-refractivity contribution in [3.05, 3.63) is 29.8 Å². The van der Waals surface area contributed by atoms with E-state index in [1.54, 1.807) is 31.4 Å². The van der Waals surface area contributed by atoms with Gasteiger partial charge in [-0.05, 0) is 24.1 Å². The van der Waals surface area contributed by atoms with Crippen LogP contribution in [0.4, 0.5) is 0 Å². The third-order valence-electron chi connectivity index (χ3n) is 3.25. The Bertz CT molecular complexity index is 667. The Hall–Kier alpha value is -1.93. The lowest BCUT2D eigenvalue weighted by Gasteiger charge is -2.29. The highest BCUT2D eigenvalue weighted by Crippen LogP contribution is 2.21. The molecular formula is C14H17NO6S. The van der Waals surface area contributed by atoms with Gasteiger partial charge < -0.3 is 4.74 Å². The fourth-order valence-corrected chi connectivity index (χ4v) is 2.79. The minimum Gasteiger partial charge on any atom is -0.497 e. The van der Waals surface area contributed by atoms with E-state index in [-0.39, 0.29) is 25.3 Å². The molecular weight excluding hydrogens is 310 g/mol. The van der Waals surface area contributed by atoms with E-state index in [0.29, 0.717) is 5.75 Å². The Balaban J connectivity index is 2.13. The molecule has 0 spiro atoms. The minimum absolute atomic E-state index is 0.0715. The van der Waals surface area contributed by atoms with Crippen molar-refractivity contribution in [2.45, 2.75) is 25.5 Å². The Labute approximate surface area is 128 Å². The molecule has 1 unspecified atom stereocenters. The molecule has 1 fully saturated rings. The molecule has 1 aromatic rings. The van der Waals surface area contributed by atoms with E-state index in [1.807, 2.05) is 0 Å². The molecule has 22 heavy (non-hydrogen) atoms. The number of likely N-dealkylation sites (tertiary alicyclic amines) is 1. The van der Waals surface area contributed by atoms with Crippen LogP contribution < -0.4 is 4.74 Å². The Kier molecular flexibility index (Phi) is 4.82. The maximum atomic E-state index is 12.2. The molecule has 1 aromatic carbocycles. The van der Waals surface area contributed by atoms with E-state index in [0.717, 1.165) is 16.7 Å². The van der Waals surface area contributed by atoms with Crippen LogP contribution >= 0.6 is 0 Å². The molecule has 120 valence electrons. The molecule has 2 amide bonds. The highest BCUT2D eigenvalue weighted by Gasteiger charge is 2.36. The van der Waals surface area contributed by atoms with Crippen molar-refractivity contribution in [2.24, 2.45) is 0 Å². The normalized spacial score (nSPS) is 19.4. The van der Waals surface area contributed by atoms with Crippen LogP contribution in [-0.2, 0) is 30.4 Å². The Morgan fingerprint density at radius 2 is 1.86 bits per heavy atom. The second-order valence-corrected chi connectivity index (χ2v) is 6.59. The van der Waals surface area contributed by atoms with Crippen LogP contribution in [0.2, 0.25) is 0 Å². The average molecular weight is 327 g/mol. The molecule has 1 aliphatic rings. The predicted octanol–water partition coefficient (Wildman–Crippen LogP) is 0.689. The van der Waals surface area contributed by atoms with E-state index in [4.69, 9.17) is 8.92 Å². The second kappa shape index (κ2) is 6.45. The van der Waals surface area contributed by atoms with Gasteiger partial charge in [-0.1, -0.05) is 12.1 Å². The van der Waals surface area contributed by atoms with Crippen LogP contribution in [0.1, 0.15) is 18.4 Å². The van der Waals surface area contributed by atoms with Gasteiger partial charge in [0.25, 0.3) is 16.0 Å². The number of hydrogen-bond donors (Lipinski definition) is 0. The van der Waals surface area contributed by atoms with Gasteiger partial charge in [-0.15, -0.1) is 0 Å². The number of rotatable bonds is 5. The lowest BCUT2D eigenvalue weighted by Crippen LogP contribution is -2.48. The van der Waals surface area contributed by atoms with Crippen molar-refractivity contribution in [3.63, 3.8) is 0 Å². The number of ether oxygens (including phenoxy) is 1. The molecule has 1 heterocycles. The summed E-state index contributed by atoms with van der Waals surface area (Å²) in [6, 6.07) is 6.91. The summed E-state index contributed by atoms with van der Waals surface area (Å²) < 4.78 is 32.1. The van der Waals surface area contributed by atoms with E-state index in [1.165, 1.54) is 0 Å². The van der Waals surface area contributed by atoms with Crippen LogP contribution in [0.3, 0.4) is 0 Å². The first-order valence-corrected chi connectivity index (χ1v) is 8.47. The number of hydrogen-bond acceptors (Lipinski definition) is 6. The molecule has 1 saturated heterocycles. The van der Waals surface area contributed by atoms with E-state index < -0.39 is 22.1 Å². The van der Waals surface area contributed by atoms with Crippen molar-refractivity contribution in [1.29, 1.82) is 0 Å². The monoisotopic (exact) mass is 327 g/mol. The van der Waals surface area contributed by atoms with Crippen LogP contribution in [0, 0.1) is 0 Å². The molecule has 2 rings (SSSR count). The highest BCUT2D eigenvalue weighted by atomic mass is 32.2. The lowest BCUT2D eigenvalue weighted by molar-refractivity contribution is -0.155. The first-order valence-electron chi connectivity index (χ1n) is 6.65. The summed E-state index contributed by atoms with van der Waals surface area (Å²) in [7, 11) is -2.21. The summed E-state index contributed by atoms with van der Waals surface area (Å²) in [4.78, 5) is 25.2. The third kappa shape index (κ3) is 4.05. The zero-order chi connectivity index (χ0) is 16.3. The molecule has 8 heteroatoms. The fraction of sp³-hybridized carbons (Fsp3) is 0.429. The molecule has 0 aliphatic carbocycles. The van der Waals surface area contributed by atoms with Crippen molar-refractivity contribution < 1.29 is 26.9 Å². The molecule has 7 nitrogen and oxygen atoms in total. The topological polar surface area (TPSA) is 90.0 Å². The van der Waals surface area contributed by atoms with Crippen LogP contribution in [0.25, 0.3) is 0 Å². The molecule has 1 atom stereocenters. The largest absolute Gasteiger partial charge is 0.497 e. The van der Waals surface area contributed by atoms with Gasteiger partial charge in [-0.3, -0.25) is 18.7 Å². The predicted molar refractivity (Wildman–Crippen MR) is 77.5 cm³/mol. The van der Waals surface area contributed by atoms with Gasteiger partial charge >= 0.3 is 0 Å². The standard InChI is InChI=1S/C14H17NO6S/c1-20-11-5-3-10(4-6-11)9-15-13(16)8-7-12(14(15)17)21-22(2,18)19/h3-6,12H,7-9H2,1-2H3. The van der Waals surface area contributed by atoms with E-state index in [2.05, 4.69) is 0 Å². The molecule has 1 aliphatic heterocycles. The first kappa shape index (κ1) is 16.4. The molecule has 0 saturated carbocycles. The maximum Gasteiger partial charge on any atom is 0.265 e. The molecule has 0 N–H and O–H groups in total. The fourth-order valence-electron chi connectivity index (χ4n) is 2.19. The highest BCUT2D eigenvalue weighted by molar-refractivity contribution is 7.86. The van der Waals surface area contributed by atoms with Crippen molar-refractivity contribution in [3.8, 4) is 5.75 Å². The van der Waals surface area contributed by atoms with E-state index in [9.17, 15) is 18.0 Å². The van der Waals surface area contributed by atoms with Crippen molar-refractivity contribution in [1.82, 2.24) is 4.90 Å². The van der Waals surface area contributed by atoms with Crippen LogP contribution in [0.15, 0.2) is 24.3 Å². The van der Waals surface area contributed by atoms with Crippen molar-refractivity contribution in [2.75, 3.05) is 13.4 Å². The van der Waals surface area contributed by atoms with Crippen molar-refractivity contribution >= 4 is 21.9 Å². The number of nitrogens with zero attached hydrogens (tertiary/aromatic N) is 1. The zero-order valence-corrected chi connectivity index (χ0v) is 13.1. The summed E-state index contributed by atoms with van der Waals surface area (Å²) in [5.74, 6) is -0.301. The zero-order valence-electron chi connectivity index (χ0n) is 12.3. The van der Waals surface area contributed by atoms with Gasteiger partial charge in [-0.2, -0.15) is 8.42 Å². The smallest absolute Gasteiger partial charge is 0.265 e. The van der Waals surface area contributed by atoms with Gasteiger partial charge in [0.15, 0.2) is 6.10 Å². The number of carbonyl (C=O) groups is 2. The van der Waals surface area contributed by atoms with Crippen LogP contribution in [0.5, 0.6) is 5.75 Å². The lowest BCUT2D eigenvalue weighted by atomic mass is 10.1. The number of piperidine rings is 1. The second-order valence-electron chi connectivity index (χ2n) is 4.99. The Morgan fingerprint density at radius 1 is 1.23 bits per heavy atom. The van der Waals surface area contributed by atoms with Gasteiger partial charge in [0.05, 0.1) is 19.9 Å². The van der Waals surface area contributed by atoms with Gasteiger partial charge in [0, 0.05) is 6.42 Å². The minimum atomic E-state index is -3.75. The number of carbonyl (C=O) groups excluding carboxylic acids is 2. The number of amides is 2. The third-order valence-corrected chi connectivity index (χ3v) is 3.84. The molecule has 0 aromatic heterocycles. The van der Waals surface area contributed by atoms with Gasteiger partial charge in [-0.25, -0.2) is 0 Å². The quantitative estimate of drug-likeness (QED) is 0.584. The summed E-state index contributed by atoms with van der Waals surface area (Å²) in [5, 5.41) is 0. The van der Waals surface area contributed by atoms with Gasteiger partial charge in [0.2, 0.25) is 5.91 Å². The summed E-state index contributed by atoms with van der Waals surface area (Å²) in [5.41, 5.74) is 0.738. The summed E-state index contributed by atoms with van der Waals surface area (Å²) in [6.07, 6.45) is -0.109. The summed E-state index contributed by atoms with van der Waals surface area (Å²) >= 11 is 0. The SMILES string of the molecule is COc1ccc(CN2C(=O)CCC(OS(C)(=O)=O)C2=O)cc1. The molecule has 0 bridgehead atoms. The van der Waals surface area contributed by atoms with Crippen LogP contribution in [-0.4, -0.2) is 44.6 Å². The number of benzene rings is 1. The molecule has 0 radical (unpaired) electrons. The first-order chi connectivity index (χ1) is 10.3. The number of methoxy groups -OCH3 is 1. The Morgan fingerprint density at radius 3 is 2.41 bits per heavy atom.